The highest BCUT2D eigenvalue weighted by molar-refractivity contribution is 5.76. The number of carbonyl (C=O) groups is 1. The van der Waals surface area contributed by atoms with Crippen molar-refractivity contribution in [2.45, 2.75) is 26.7 Å². The summed E-state index contributed by atoms with van der Waals surface area (Å²) in [5.74, 6) is -0.227. The van der Waals surface area contributed by atoms with Gasteiger partial charge in [0.1, 0.15) is 5.75 Å². The normalized spacial score (nSPS) is 12.7. The lowest BCUT2D eigenvalue weighted by atomic mass is 9.71. The maximum atomic E-state index is 11.8. The first kappa shape index (κ1) is 16.1. The van der Waals surface area contributed by atoms with Gasteiger partial charge in [-0.15, -0.1) is 0 Å². The second kappa shape index (κ2) is 6.22. The van der Waals surface area contributed by atoms with Crippen molar-refractivity contribution < 1.29 is 14.6 Å². The van der Waals surface area contributed by atoms with Crippen molar-refractivity contribution >= 4 is 5.97 Å². The summed E-state index contributed by atoms with van der Waals surface area (Å²) < 4.78 is 5.30. The molecule has 0 saturated heterocycles. The molecule has 2 rings (SSSR count). The van der Waals surface area contributed by atoms with Gasteiger partial charge in [-0.1, -0.05) is 42.5 Å². The molecule has 22 heavy (non-hydrogen) atoms. The van der Waals surface area contributed by atoms with Crippen LogP contribution in [-0.2, 0) is 4.79 Å². The lowest BCUT2D eigenvalue weighted by Gasteiger charge is -2.31. The van der Waals surface area contributed by atoms with Gasteiger partial charge in [-0.2, -0.15) is 0 Å². The Balaban J connectivity index is 2.59. The predicted molar refractivity (Wildman–Crippen MR) is 87.4 cm³/mol. The molecule has 3 heteroatoms. The quantitative estimate of drug-likeness (QED) is 0.897. The van der Waals surface area contributed by atoms with E-state index in [-0.39, 0.29) is 5.92 Å². The van der Waals surface area contributed by atoms with Crippen molar-refractivity contribution in [2.24, 2.45) is 5.41 Å². The lowest BCUT2D eigenvalue weighted by Crippen LogP contribution is -2.32. The SMILES string of the molecule is COc1ccc([C@H](c2ccccc2)C(C)(C)C(=O)O)cc1C. The zero-order valence-corrected chi connectivity index (χ0v) is 13.5. The summed E-state index contributed by atoms with van der Waals surface area (Å²) in [6.45, 7) is 5.51. The van der Waals surface area contributed by atoms with Gasteiger partial charge in [-0.25, -0.2) is 0 Å². The number of hydrogen-bond acceptors (Lipinski definition) is 2. The van der Waals surface area contributed by atoms with Crippen LogP contribution < -0.4 is 4.74 Å². The summed E-state index contributed by atoms with van der Waals surface area (Å²) in [5, 5.41) is 9.68. The number of carboxylic acid groups (broad SMARTS) is 1. The number of benzene rings is 2. The highest BCUT2D eigenvalue weighted by Gasteiger charge is 2.39. The summed E-state index contributed by atoms with van der Waals surface area (Å²) in [4.78, 5) is 11.8. The van der Waals surface area contributed by atoms with Gasteiger partial charge in [0.2, 0.25) is 0 Å². The van der Waals surface area contributed by atoms with Crippen LogP contribution >= 0.6 is 0 Å². The summed E-state index contributed by atoms with van der Waals surface area (Å²) in [5.41, 5.74) is 2.07. The van der Waals surface area contributed by atoms with Gasteiger partial charge < -0.3 is 9.84 Å². The third-order valence-corrected chi connectivity index (χ3v) is 4.16. The van der Waals surface area contributed by atoms with Crippen molar-refractivity contribution in [3.63, 3.8) is 0 Å². The standard InChI is InChI=1S/C19H22O3/c1-13-12-15(10-11-16(13)22-4)17(19(2,3)18(20)21)14-8-6-5-7-9-14/h5-12,17H,1-4H3,(H,20,21)/t17-/m0/s1. The van der Waals surface area contributed by atoms with E-state index in [1.165, 1.54) is 0 Å². The van der Waals surface area contributed by atoms with E-state index in [1.807, 2.05) is 55.5 Å². The minimum Gasteiger partial charge on any atom is -0.496 e. The van der Waals surface area contributed by atoms with Crippen LogP contribution in [0.5, 0.6) is 5.75 Å². The van der Waals surface area contributed by atoms with Gasteiger partial charge in [0.25, 0.3) is 0 Å². The minimum atomic E-state index is -0.914. The van der Waals surface area contributed by atoms with E-state index in [0.717, 1.165) is 22.4 Å². The van der Waals surface area contributed by atoms with Gasteiger partial charge in [-0.3, -0.25) is 4.79 Å². The van der Waals surface area contributed by atoms with Crippen LogP contribution in [0.15, 0.2) is 48.5 Å². The largest absolute Gasteiger partial charge is 0.496 e. The molecule has 0 unspecified atom stereocenters. The highest BCUT2D eigenvalue weighted by atomic mass is 16.5. The maximum absolute atomic E-state index is 11.8. The third kappa shape index (κ3) is 2.98. The average molecular weight is 298 g/mol. The molecular formula is C19H22O3. The first-order valence-electron chi connectivity index (χ1n) is 7.30. The fraction of sp³-hybridized carbons (Fsp3) is 0.316. The van der Waals surface area contributed by atoms with Gasteiger partial charge in [0, 0.05) is 5.92 Å². The molecule has 0 fully saturated rings. The Morgan fingerprint density at radius 1 is 1.09 bits per heavy atom. The molecule has 2 aromatic rings. The van der Waals surface area contributed by atoms with Gasteiger partial charge in [-0.05, 0) is 43.5 Å². The van der Waals surface area contributed by atoms with Crippen molar-refractivity contribution in [1.29, 1.82) is 0 Å². The Labute approximate surface area is 131 Å². The number of hydrogen-bond donors (Lipinski definition) is 1. The minimum absolute atomic E-state index is 0.226. The van der Waals surface area contributed by atoms with Crippen LogP contribution in [0.1, 0.15) is 36.5 Å². The molecule has 0 aliphatic carbocycles. The van der Waals surface area contributed by atoms with E-state index in [9.17, 15) is 9.90 Å². The topological polar surface area (TPSA) is 46.5 Å². The van der Waals surface area contributed by atoms with Crippen molar-refractivity contribution in [3.8, 4) is 5.75 Å². The molecule has 116 valence electrons. The zero-order valence-electron chi connectivity index (χ0n) is 13.5. The van der Waals surface area contributed by atoms with E-state index in [2.05, 4.69) is 0 Å². The second-order valence-electron chi connectivity index (χ2n) is 6.10. The first-order chi connectivity index (χ1) is 10.4. The Morgan fingerprint density at radius 3 is 2.23 bits per heavy atom. The van der Waals surface area contributed by atoms with Crippen molar-refractivity contribution in [2.75, 3.05) is 7.11 Å². The molecule has 2 aromatic carbocycles. The van der Waals surface area contributed by atoms with Crippen LogP contribution in [0.3, 0.4) is 0 Å². The molecule has 0 bridgehead atoms. The molecule has 3 nitrogen and oxygen atoms in total. The van der Waals surface area contributed by atoms with E-state index in [4.69, 9.17) is 4.74 Å². The van der Waals surface area contributed by atoms with Crippen molar-refractivity contribution in [3.05, 3.63) is 65.2 Å². The first-order valence-corrected chi connectivity index (χ1v) is 7.30. The summed E-state index contributed by atoms with van der Waals surface area (Å²) in [6, 6.07) is 15.7. The molecule has 0 radical (unpaired) electrons. The Hall–Kier alpha value is -2.29. The van der Waals surface area contributed by atoms with Crippen LogP contribution in [-0.4, -0.2) is 18.2 Å². The van der Waals surface area contributed by atoms with E-state index < -0.39 is 11.4 Å². The van der Waals surface area contributed by atoms with Crippen LogP contribution in [0.4, 0.5) is 0 Å². The monoisotopic (exact) mass is 298 g/mol. The summed E-state index contributed by atoms with van der Waals surface area (Å²) >= 11 is 0. The molecule has 1 N–H and O–H groups in total. The summed E-state index contributed by atoms with van der Waals surface area (Å²) in [7, 11) is 1.64. The molecule has 0 amide bonds. The van der Waals surface area contributed by atoms with Crippen molar-refractivity contribution in [1.82, 2.24) is 0 Å². The summed E-state index contributed by atoms with van der Waals surface area (Å²) in [6.07, 6.45) is 0. The number of aliphatic carboxylic acids is 1. The Bertz CT molecular complexity index is 660. The fourth-order valence-corrected chi connectivity index (χ4v) is 2.88. The van der Waals surface area contributed by atoms with Gasteiger partial charge >= 0.3 is 5.97 Å². The molecule has 0 aromatic heterocycles. The zero-order chi connectivity index (χ0) is 16.3. The van der Waals surface area contributed by atoms with Gasteiger partial charge in [0.15, 0.2) is 0 Å². The average Bonchev–Trinajstić information content (AvgIpc) is 2.48. The van der Waals surface area contributed by atoms with Crippen LogP contribution in [0.25, 0.3) is 0 Å². The smallest absolute Gasteiger partial charge is 0.310 e. The number of rotatable bonds is 5. The van der Waals surface area contributed by atoms with Crippen LogP contribution in [0, 0.1) is 12.3 Å². The number of carboxylic acids is 1. The number of methoxy groups -OCH3 is 1. The number of ether oxygens (including phenoxy) is 1. The molecule has 0 aliphatic heterocycles. The maximum Gasteiger partial charge on any atom is 0.310 e. The third-order valence-electron chi connectivity index (χ3n) is 4.16. The fourth-order valence-electron chi connectivity index (χ4n) is 2.88. The number of aryl methyl sites for hydroxylation is 1. The highest BCUT2D eigenvalue weighted by Crippen LogP contribution is 2.42. The predicted octanol–water partition coefficient (Wildman–Crippen LogP) is 4.25. The molecule has 0 heterocycles. The van der Waals surface area contributed by atoms with Crippen LogP contribution in [0.2, 0.25) is 0 Å². The van der Waals surface area contributed by atoms with E-state index >= 15 is 0 Å². The lowest BCUT2D eigenvalue weighted by molar-refractivity contribution is -0.147. The van der Waals surface area contributed by atoms with Gasteiger partial charge in [0.05, 0.1) is 12.5 Å². The molecule has 0 aliphatic rings. The van der Waals surface area contributed by atoms with E-state index in [0.29, 0.717) is 0 Å². The second-order valence-corrected chi connectivity index (χ2v) is 6.10. The molecule has 0 saturated carbocycles. The molecule has 0 spiro atoms. The Kier molecular flexibility index (Phi) is 4.55. The van der Waals surface area contributed by atoms with E-state index in [1.54, 1.807) is 21.0 Å². The molecule has 1 atom stereocenters. The molecular weight excluding hydrogens is 276 g/mol. The Morgan fingerprint density at radius 2 is 1.73 bits per heavy atom.